The fourth-order valence-electron chi connectivity index (χ4n) is 3.42. The van der Waals surface area contributed by atoms with E-state index < -0.39 is 0 Å². The lowest BCUT2D eigenvalue weighted by Crippen LogP contribution is -2.47. The second-order valence-electron chi connectivity index (χ2n) is 5.55. The van der Waals surface area contributed by atoms with Crippen LogP contribution in [0.4, 0.5) is 0 Å². The lowest BCUT2D eigenvalue weighted by Gasteiger charge is -2.38. The van der Waals surface area contributed by atoms with Crippen molar-refractivity contribution in [3.05, 3.63) is 12.2 Å². The Morgan fingerprint density at radius 2 is 2.35 bits per heavy atom. The topological polar surface area (TPSA) is 27.6 Å². The number of nitrogens with zero attached hydrogens (tertiary/aromatic N) is 2. The smallest absolute Gasteiger partial charge is 0.0998 e. The normalized spacial score (nSPS) is 41.6. The van der Waals surface area contributed by atoms with E-state index in [0.29, 0.717) is 12.1 Å². The average molecular weight is 251 g/mol. The first-order valence-electron chi connectivity index (χ1n) is 6.64. The van der Waals surface area contributed by atoms with Crippen molar-refractivity contribution in [2.75, 3.05) is 19.3 Å². The number of nitrogens with one attached hydrogen (secondary N) is 1. The number of allylic oxidation sites excluding steroid dienone is 1. The molecule has 0 aromatic carbocycles. The van der Waals surface area contributed by atoms with Crippen LogP contribution in [0.5, 0.6) is 0 Å². The molecule has 94 valence electrons. The zero-order valence-corrected chi connectivity index (χ0v) is 11.7. The molecule has 0 bridgehead atoms. The summed E-state index contributed by atoms with van der Waals surface area (Å²) in [7, 11) is -0.0545. The van der Waals surface area contributed by atoms with Gasteiger partial charge in [-0.15, -0.1) is 0 Å². The third kappa shape index (κ3) is 1.94. The van der Waals surface area contributed by atoms with Gasteiger partial charge in [-0.1, -0.05) is 19.1 Å². The van der Waals surface area contributed by atoms with Crippen LogP contribution in [0.2, 0.25) is 0 Å². The molecule has 3 heterocycles. The molecule has 4 heteroatoms. The van der Waals surface area contributed by atoms with Crippen LogP contribution in [0.1, 0.15) is 26.7 Å². The van der Waals surface area contributed by atoms with E-state index in [9.17, 15) is 0 Å². The largest absolute Gasteiger partial charge is 0.334 e. The van der Waals surface area contributed by atoms with Crippen LogP contribution < -0.4 is 5.32 Å². The standard InChI is InChI=1S/C13H22N3P/c1-9-6-10(2)17(8-9)16-11(3)15-12-7-14-5-4-13(12)16/h10,12-14H,1,4-8H2,2-3H3. The van der Waals surface area contributed by atoms with Gasteiger partial charge in [0.15, 0.2) is 0 Å². The Labute approximate surface area is 105 Å². The molecule has 0 radical (unpaired) electrons. The molecule has 2 saturated heterocycles. The lowest BCUT2D eigenvalue weighted by atomic mass is 10.0. The molecule has 4 unspecified atom stereocenters. The van der Waals surface area contributed by atoms with Crippen molar-refractivity contribution in [1.82, 2.24) is 9.99 Å². The van der Waals surface area contributed by atoms with Gasteiger partial charge in [0.05, 0.1) is 17.9 Å². The molecule has 0 aromatic heterocycles. The number of fused-ring (bicyclic) bond motifs is 1. The van der Waals surface area contributed by atoms with Crippen molar-refractivity contribution >= 4 is 13.9 Å². The third-order valence-electron chi connectivity index (χ3n) is 4.17. The second kappa shape index (κ2) is 4.37. The summed E-state index contributed by atoms with van der Waals surface area (Å²) in [5, 5.41) is 3.46. The van der Waals surface area contributed by atoms with Crippen LogP contribution in [0.3, 0.4) is 0 Å². The van der Waals surface area contributed by atoms with Crippen LogP contribution in [0.25, 0.3) is 0 Å². The minimum absolute atomic E-state index is 0.0545. The van der Waals surface area contributed by atoms with Gasteiger partial charge in [-0.05, 0) is 32.0 Å². The monoisotopic (exact) mass is 251 g/mol. The molecule has 17 heavy (non-hydrogen) atoms. The van der Waals surface area contributed by atoms with E-state index in [4.69, 9.17) is 4.99 Å². The summed E-state index contributed by atoms with van der Waals surface area (Å²) in [4.78, 5) is 4.86. The fraction of sp³-hybridized carbons (Fsp3) is 0.769. The Morgan fingerprint density at radius 3 is 3.06 bits per heavy atom. The van der Waals surface area contributed by atoms with E-state index in [0.717, 1.165) is 18.7 Å². The Bertz CT molecular complexity index is 366. The molecule has 0 aliphatic carbocycles. The van der Waals surface area contributed by atoms with Gasteiger partial charge in [0, 0.05) is 20.8 Å². The van der Waals surface area contributed by atoms with Crippen LogP contribution in [0.15, 0.2) is 17.1 Å². The molecule has 0 spiro atoms. The molecular formula is C13H22N3P. The quantitative estimate of drug-likeness (QED) is 0.571. The first kappa shape index (κ1) is 11.7. The molecule has 0 saturated carbocycles. The van der Waals surface area contributed by atoms with Gasteiger partial charge in [-0.3, -0.25) is 4.99 Å². The number of rotatable bonds is 1. The van der Waals surface area contributed by atoms with Crippen molar-refractivity contribution in [2.45, 2.75) is 44.4 Å². The minimum Gasteiger partial charge on any atom is -0.334 e. The summed E-state index contributed by atoms with van der Waals surface area (Å²) in [6, 6.07) is 1.18. The highest BCUT2D eigenvalue weighted by Crippen LogP contribution is 2.57. The lowest BCUT2D eigenvalue weighted by molar-refractivity contribution is 0.338. The molecule has 4 atom stereocenters. The van der Waals surface area contributed by atoms with Crippen molar-refractivity contribution < 1.29 is 0 Å². The van der Waals surface area contributed by atoms with Crippen molar-refractivity contribution in [3.63, 3.8) is 0 Å². The van der Waals surface area contributed by atoms with Crippen molar-refractivity contribution in [3.8, 4) is 0 Å². The molecule has 3 nitrogen and oxygen atoms in total. The Hall–Kier alpha value is -0.400. The highest BCUT2D eigenvalue weighted by molar-refractivity contribution is 7.57. The van der Waals surface area contributed by atoms with E-state index in [-0.39, 0.29) is 8.07 Å². The zero-order chi connectivity index (χ0) is 12.0. The van der Waals surface area contributed by atoms with Gasteiger partial charge in [0.1, 0.15) is 0 Å². The number of hydrogen-bond donors (Lipinski definition) is 1. The van der Waals surface area contributed by atoms with Gasteiger partial charge in [-0.2, -0.15) is 0 Å². The predicted octanol–water partition coefficient (Wildman–Crippen LogP) is 2.20. The Kier molecular flexibility index (Phi) is 3.00. The number of aliphatic imine (C=N–C) groups is 1. The zero-order valence-electron chi connectivity index (χ0n) is 10.8. The molecule has 3 aliphatic rings. The van der Waals surface area contributed by atoms with E-state index in [1.165, 1.54) is 30.4 Å². The highest BCUT2D eigenvalue weighted by Gasteiger charge is 2.42. The molecule has 0 aromatic rings. The number of amidine groups is 1. The summed E-state index contributed by atoms with van der Waals surface area (Å²) < 4.78 is 2.68. The van der Waals surface area contributed by atoms with Crippen molar-refractivity contribution in [1.29, 1.82) is 0 Å². The molecule has 3 rings (SSSR count). The predicted molar refractivity (Wildman–Crippen MR) is 75.0 cm³/mol. The van der Waals surface area contributed by atoms with Crippen molar-refractivity contribution in [2.24, 2.45) is 4.99 Å². The number of hydrogen-bond acceptors (Lipinski definition) is 3. The summed E-state index contributed by atoms with van der Waals surface area (Å²) in [5.74, 6) is 1.29. The van der Waals surface area contributed by atoms with Crippen LogP contribution in [0, 0.1) is 0 Å². The maximum absolute atomic E-state index is 4.86. The fourth-order valence-corrected chi connectivity index (χ4v) is 6.44. The van der Waals surface area contributed by atoms with Crippen LogP contribution in [-0.2, 0) is 0 Å². The first-order chi connectivity index (χ1) is 8.16. The van der Waals surface area contributed by atoms with E-state index >= 15 is 0 Å². The summed E-state index contributed by atoms with van der Waals surface area (Å²) in [6.07, 6.45) is 3.72. The molecular weight excluding hydrogens is 229 g/mol. The third-order valence-corrected chi connectivity index (χ3v) is 7.28. The van der Waals surface area contributed by atoms with Crippen LogP contribution >= 0.6 is 8.07 Å². The van der Waals surface area contributed by atoms with Crippen LogP contribution in [-0.4, -0.2) is 47.5 Å². The molecule has 2 fully saturated rings. The van der Waals surface area contributed by atoms with E-state index in [1.54, 1.807) is 0 Å². The minimum atomic E-state index is -0.0545. The second-order valence-corrected chi connectivity index (χ2v) is 8.06. The molecule has 0 amide bonds. The maximum Gasteiger partial charge on any atom is 0.0998 e. The van der Waals surface area contributed by atoms with Gasteiger partial charge in [0.25, 0.3) is 0 Å². The molecule has 3 aliphatic heterocycles. The van der Waals surface area contributed by atoms with Gasteiger partial charge < -0.3 is 9.99 Å². The summed E-state index contributed by atoms with van der Waals surface area (Å²) >= 11 is 0. The molecule has 1 N–H and O–H groups in total. The summed E-state index contributed by atoms with van der Waals surface area (Å²) in [6.45, 7) is 11.0. The highest BCUT2D eigenvalue weighted by atomic mass is 31.1. The Balaban J connectivity index is 1.82. The van der Waals surface area contributed by atoms with E-state index in [2.05, 4.69) is 30.4 Å². The Morgan fingerprint density at radius 1 is 1.53 bits per heavy atom. The van der Waals surface area contributed by atoms with E-state index in [1.807, 2.05) is 0 Å². The number of piperidine rings is 1. The SMILES string of the molecule is C=C1CC(C)P(N2C(C)=NC3CNCCC32)C1. The first-order valence-corrected chi connectivity index (χ1v) is 8.19. The summed E-state index contributed by atoms with van der Waals surface area (Å²) in [5.41, 5.74) is 2.25. The maximum atomic E-state index is 4.86. The van der Waals surface area contributed by atoms with Gasteiger partial charge >= 0.3 is 0 Å². The van der Waals surface area contributed by atoms with Gasteiger partial charge in [0.2, 0.25) is 0 Å². The average Bonchev–Trinajstić information content (AvgIpc) is 2.77. The van der Waals surface area contributed by atoms with Gasteiger partial charge in [-0.25, -0.2) is 0 Å².